The van der Waals surface area contributed by atoms with Crippen LogP contribution in [0.4, 0.5) is 0 Å². The van der Waals surface area contributed by atoms with Gasteiger partial charge in [-0.15, -0.1) is 0 Å². The van der Waals surface area contributed by atoms with E-state index in [1.807, 2.05) is 65.3 Å². The maximum atomic E-state index is 13.4. The van der Waals surface area contributed by atoms with Crippen LogP contribution in [0.5, 0.6) is 11.5 Å². The molecule has 31 heavy (non-hydrogen) atoms. The summed E-state index contributed by atoms with van der Waals surface area (Å²) in [6, 6.07) is 15.4. The van der Waals surface area contributed by atoms with Gasteiger partial charge in [0.25, 0.3) is 5.91 Å². The summed E-state index contributed by atoms with van der Waals surface area (Å²) in [6.45, 7) is 6.22. The number of likely N-dealkylation sites (tertiary alicyclic amines) is 2. The fraction of sp³-hybridized carbons (Fsp3) is 0.440. The highest BCUT2D eigenvalue weighted by atomic mass is 16.5. The van der Waals surface area contributed by atoms with Crippen molar-refractivity contribution >= 4 is 11.8 Å². The lowest BCUT2D eigenvalue weighted by atomic mass is 9.89. The van der Waals surface area contributed by atoms with Crippen LogP contribution in [0.2, 0.25) is 0 Å². The number of hydrogen-bond acceptors (Lipinski definition) is 4. The zero-order valence-electron chi connectivity index (χ0n) is 18.4. The maximum absolute atomic E-state index is 13.4. The van der Waals surface area contributed by atoms with Crippen LogP contribution in [0.25, 0.3) is 0 Å². The molecule has 0 bridgehead atoms. The van der Waals surface area contributed by atoms with Gasteiger partial charge in [0.2, 0.25) is 5.91 Å². The Morgan fingerprint density at radius 3 is 2.45 bits per heavy atom. The summed E-state index contributed by atoms with van der Waals surface area (Å²) < 4.78 is 11.1. The van der Waals surface area contributed by atoms with Crippen molar-refractivity contribution in [2.75, 3.05) is 33.4 Å². The predicted octanol–water partition coefficient (Wildman–Crippen LogP) is 3.78. The molecule has 2 fully saturated rings. The summed E-state index contributed by atoms with van der Waals surface area (Å²) in [7, 11) is 1.64. The third-order valence-electron chi connectivity index (χ3n) is 6.39. The molecule has 0 aromatic heterocycles. The van der Waals surface area contributed by atoms with Gasteiger partial charge in [0.1, 0.15) is 11.5 Å². The number of fused-ring (bicyclic) bond motifs is 1. The number of hydrogen-bond donors (Lipinski definition) is 0. The molecule has 0 saturated carbocycles. The number of carbonyl (C=O) groups is 2. The second-order valence-corrected chi connectivity index (χ2v) is 8.37. The van der Waals surface area contributed by atoms with Crippen molar-refractivity contribution < 1.29 is 19.1 Å². The second-order valence-electron chi connectivity index (χ2n) is 8.37. The molecule has 2 heterocycles. The highest BCUT2D eigenvalue weighted by molar-refractivity contribution is 5.97. The first kappa shape index (κ1) is 21.2. The Bertz CT molecular complexity index is 943. The summed E-state index contributed by atoms with van der Waals surface area (Å²) in [5, 5.41) is 0. The Morgan fingerprint density at radius 2 is 1.77 bits per heavy atom. The van der Waals surface area contributed by atoms with E-state index in [-0.39, 0.29) is 29.7 Å². The Balaban J connectivity index is 1.56. The molecular formula is C25H30N2O4. The minimum Gasteiger partial charge on any atom is -0.497 e. The van der Waals surface area contributed by atoms with Gasteiger partial charge in [-0.1, -0.05) is 31.2 Å². The highest BCUT2D eigenvalue weighted by Gasteiger charge is 2.49. The Morgan fingerprint density at radius 1 is 1.03 bits per heavy atom. The van der Waals surface area contributed by atoms with Crippen LogP contribution in [0.3, 0.4) is 0 Å². The van der Waals surface area contributed by atoms with Crippen molar-refractivity contribution in [3.05, 3.63) is 59.7 Å². The SMILES string of the molecule is CCCOc1ccccc1C(=O)N1C[C@@H]2CN(C(C)=O)[C@@H](c3ccc(OC)cc3)[C@@H]2C1. The van der Waals surface area contributed by atoms with Gasteiger partial charge in [0.15, 0.2) is 0 Å². The molecule has 0 spiro atoms. The van der Waals surface area contributed by atoms with Gasteiger partial charge in [0, 0.05) is 38.4 Å². The molecule has 3 atom stereocenters. The molecule has 6 heteroatoms. The largest absolute Gasteiger partial charge is 0.497 e. The quantitative estimate of drug-likeness (QED) is 0.711. The van der Waals surface area contributed by atoms with E-state index in [4.69, 9.17) is 9.47 Å². The fourth-order valence-corrected chi connectivity index (χ4v) is 4.91. The van der Waals surface area contributed by atoms with Gasteiger partial charge in [-0.25, -0.2) is 0 Å². The molecule has 2 aromatic carbocycles. The molecule has 2 aliphatic rings. The van der Waals surface area contributed by atoms with Crippen LogP contribution in [0.1, 0.15) is 42.2 Å². The van der Waals surface area contributed by atoms with Crippen molar-refractivity contribution in [2.45, 2.75) is 26.3 Å². The molecule has 0 aliphatic carbocycles. The van der Waals surface area contributed by atoms with Gasteiger partial charge in [-0.3, -0.25) is 9.59 Å². The first-order valence-corrected chi connectivity index (χ1v) is 11.0. The predicted molar refractivity (Wildman–Crippen MR) is 118 cm³/mol. The van der Waals surface area contributed by atoms with E-state index in [0.717, 1.165) is 17.7 Å². The lowest BCUT2D eigenvalue weighted by Gasteiger charge is -2.29. The van der Waals surface area contributed by atoms with Crippen LogP contribution in [0.15, 0.2) is 48.5 Å². The molecule has 4 rings (SSSR count). The number of para-hydroxylation sites is 1. The van der Waals surface area contributed by atoms with Crippen molar-refractivity contribution in [3.8, 4) is 11.5 Å². The van der Waals surface area contributed by atoms with E-state index in [0.29, 0.717) is 37.6 Å². The van der Waals surface area contributed by atoms with E-state index in [1.54, 1.807) is 14.0 Å². The number of ether oxygens (including phenoxy) is 2. The van der Waals surface area contributed by atoms with Gasteiger partial charge >= 0.3 is 0 Å². The normalized spacial score (nSPS) is 22.4. The number of methoxy groups -OCH3 is 1. The lowest BCUT2D eigenvalue weighted by molar-refractivity contribution is -0.130. The molecule has 0 radical (unpaired) electrons. The van der Waals surface area contributed by atoms with E-state index in [1.165, 1.54) is 0 Å². The van der Waals surface area contributed by atoms with Gasteiger partial charge in [0.05, 0.1) is 25.3 Å². The molecule has 0 unspecified atom stereocenters. The molecule has 0 N–H and O–H groups in total. The third-order valence-corrected chi connectivity index (χ3v) is 6.39. The van der Waals surface area contributed by atoms with Crippen molar-refractivity contribution in [1.82, 2.24) is 9.80 Å². The summed E-state index contributed by atoms with van der Waals surface area (Å²) >= 11 is 0. The zero-order valence-corrected chi connectivity index (χ0v) is 18.4. The molecule has 2 saturated heterocycles. The third kappa shape index (κ3) is 4.11. The monoisotopic (exact) mass is 422 g/mol. The number of benzene rings is 2. The number of nitrogens with zero attached hydrogens (tertiary/aromatic N) is 2. The molecule has 2 amide bonds. The molecule has 164 valence electrons. The fourth-order valence-electron chi connectivity index (χ4n) is 4.91. The average Bonchev–Trinajstić information content (AvgIpc) is 3.36. The van der Waals surface area contributed by atoms with Gasteiger partial charge < -0.3 is 19.3 Å². The molecular weight excluding hydrogens is 392 g/mol. The molecule has 2 aliphatic heterocycles. The van der Waals surface area contributed by atoms with Crippen LogP contribution in [0, 0.1) is 11.8 Å². The first-order valence-electron chi connectivity index (χ1n) is 11.0. The smallest absolute Gasteiger partial charge is 0.257 e. The minimum absolute atomic E-state index is 0.00367. The minimum atomic E-state index is -0.0298. The van der Waals surface area contributed by atoms with Crippen LogP contribution in [-0.2, 0) is 4.79 Å². The zero-order chi connectivity index (χ0) is 22.0. The number of rotatable bonds is 6. The lowest BCUT2D eigenvalue weighted by Crippen LogP contribution is -2.36. The molecule has 2 aromatic rings. The van der Waals surface area contributed by atoms with E-state index in [2.05, 4.69) is 0 Å². The summed E-state index contributed by atoms with van der Waals surface area (Å²) in [4.78, 5) is 29.6. The summed E-state index contributed by atoms with van der Waals surface area (Å²) in [5.74, 6) is 1.99. The van der Waals surface area contributed by atoms with E-state index >= 15 is 0 Å². The topological polar surface area (TPSA) is 59.1 Å². The second kappa shape index (κ2) is 9.00. The van der Waals surface area contributed by atoms with Crippen LogP contribution < -0.4 is 9.47 Å². The highest BCUT2D eigenvalue weighted by Crippen LogP contribution is 2.45. The first-order chi connectivity index (χ1) is 15.0. The van der Waals surface area contributed by atoms with Crippen LogP contribution in [-0.4, -0.2) is 55.0 Å². The Kier molecular flexibility index (Phi) is 6.16. The Labute approximate surface area is 183 Å². The summed E-state index contributed by atoms with van der Waals surface area (Å²) in [5.41, 5.74) is 1.70. The standard InChI is InChI=1S/C25H30N2O4/c1-4-13-31-23-8-6-5-7-21(23)25(29)26-14-19-15-27(17(2)28)24(22(19)16-26)18-9-11-20(30-3)12-10-18/h5-12,19,22,24H,4,13-16H2,1-3H3/t19-,22-,24+/m1/s1. The van der Waals surface area contributed by atoms with Crippen LogP contribution >= 0.6 is 0 Å². The van der Waals surface area contributed by atoms with Crippen molar-refractivity contribution in [3.63, 3.8) is 0 Å². The summed E-state index contributed by atoms with van der Waals surface area (Å²) in [6.07, 6.45) is 0.890. The molecule has 6 nitrogen and oxygen atoms in total. The number of amides is 2. The maximum Gasteiger partial charge on any atom is 0.257 e. The van der Waals surface area contributed by atoms with Crippen molar-refractivity contribution in [1.29, 1.82) is 0 Å². The van der Waals surface area contributed by atoms with Gasteiger partial charge in [-0.2, -0.15) is 0 Å². The van der Waals surface area contributed by atoms with E-state index in [9.17, 15) is 9.59 Å². The Hall–Kier alpha value is -3.02. The van der Waals surface area contributed by atoms with Gasteiger partial charge in [-0.05, 0) is 36.2 Å². The van der Waals surface area contributed by atoms with Crippen molar-refractivity contribution in [2.24, 2.45) is 11.8 Å². The average molecular weight is 423 g/mol. The van der Waals surface area contributed by atoms with E-state index < -0.39 is 0 Å². The number of carbonyl (C=O) groups excluding carboxylic acids is 2.